The maximum absolute atomic E-state index is 13.4. The highest BCUT2D eigenvalue weighted by molar-refractivity contribution is 5.94. The van der Waals surface area contributed by atoms with Crippen LogP contribution < -0.4 is 5.73 Å². The minimum Gasteiger partial charge on any atom is -0.370 e. The Labute approximate surface area is 134 Å². The summed E-state index contributed by atoms with van der Waals surface area (Å²) in [6.07, 6.45) is 0.0821. The molecule has 0 spiro atoms. The van der Waals surface area contributed by atoms with Gasteiger partial charge in [0.25, 0.3) is 5.91 Å². The minimum atomic E-state index is -0.467. The molecule has 0 heterocycles. The van der Waals surface area contributed by atoms with Crippen molar-refractivity contribution in [2.24, 2.45) is 5.73 Å². The second kappa shape index (κ2) is 7.54. The number of primary amides is 1. The molecule has 0 saturated heterocycles. The molecule has 2 aromatic rings. The summed E-state index contributed by atoms with van der Waals surface area (Å²) in [4.78, 5) is 25.3. The van der Waals surface area contributed by atoms with E-state index in [1.165, 1.54) is 18.2 Å². The van der Waals surface area contributed by atoms with Crippen molar-refractivity contribution in [3.05, 3.63) is 71.0 Å². The van der Waals surface area contributed by atoms with Crippen LogP contribution >= 0.6 is 0 Å². The zero-order chi connectivity index (χ0) is 16.8. The van der Waals surface area contributed by atoms with E-state index in [4.69, 9.17) is 5.73 Å². The van der Waals surface area contributed by atoms with Gasteiger partial charge in [-0.1, -0.05) is 30.3 Å². The van der Waals surface area contributed by atoms with Gasteiger partial charge in [-0.05, 0) is 36.2 Å². The van der Waals surface area contributed by atoms with Gasteiger partial charge in [-0.25, -0.2) is 4.39 Å². The number of hydrogen-bond donors (Lipinski definition) is 1. The van der Waals surface area contributed by atoms with Crippen LogP contribution in [-0.4, -0.2) is 23.3 Å². The van der Waals surface area contributed by atoms with Crippen molar-refractivity contribution in [1.29, 1.82) is 0 Å². The average Bonchev–Trinajstić information content (AvgIpc) is 2.54. The van der Waals surface area contributed by atoms with E-state index in [1.54, 1.807) is 11.8 Å². The predicted molar refractivity (Wildman–Crippen MR) is 86.1 cm³/mol. The molecule has 2 aromatic carbocycles. The Morgan fingerprint density at radius 2 is 1.83 bits per heavy atom. The molecule has 5 heteroatoms. The summed E-state index contributed by atoms with van der Waals surface area (Å²) in [5, 5.41) is 0. The third-order valence-corrected chi connectivity index (χ3v) is 3.54. The van der Waals surface area contributed by atoms with Crippen LogP contribution in [-0.2, 0) is 11.3 Å². The minimum absolute atomic E-state index is 0.0821. The lowest BCUT2D eigenvalue weighted by Gasteiger charge is -2.22. The van der Waals surface area contributed by atoms with Gasteiger partial charge in [0.2, 0.25) is 5.91 Å². The number of nitrogens with two attached hydrogens (primary N) is 1. The van der Waals surface area contributed by atoms with Crippen molar-refractivity contribution in [1.82, 2.24) is 4.90 Å². The van der Waals surface area contributed by atoms with Crippen LogP contribution in [0.4, 0.5) is 4.39 Å². The molecule has 0 aliphatic heterocycles. The molecule has 2 amide bonds. The van der Waals surface area contributed by atoms with Gasteiger partial charge in [-0.15, -0.1) is 0 Å². The van der Waals surface area contributed by atoms with E-state index in [9.17, 15) is 14.0 Å². The Morgan fingerprint density at radius 1 is 1.13 bits per heavy atom. The summed E-state index contributed by atoms with van der Waals surface area (Å²) in [5.41, 5.74) is 6.94. The number of benzene rings is 2. The van der Waals surface area contributed by atoms with Gasteiger partial charge in [0.05, 0.1) is 0 Å². The maximum Gasteiger partial charge on any atom is 0.254 e. The number of carbonyl (C=O) groups excluding carboxylic acids is 2. The molecule has 23 heavy (non-hydrogen) atoms. The van der Waals surface area contributed by atoms with Gasteiger partial charge in [0.1, 0.15) is 5.82 Å². The summed E-state index contributed by atoms with van der Waals surface area (Å²) in [6.45, 7) is 2.19. The number of carbonyl (C=O) groups is 2. The maximum atomic E-state index is 13.4. The standard InChI is InChI=1S/C18H19FN2O2/c1-13-11-15(7-8-16(13)19)18(23)21(10-9-17(20)22)12-14-5-3-2-4-6-14/h2-8,11H,9-10,12H2,1H3,(H2,20,22). The highest BCUT2D eigenvalue weighted by Gasteiger charge is 2.17. The van der Waals surface area contributed by atoms with Crippen molar-refractivity contribution in [2.75, 3.05) is 6.54 Å². The van der Waals surface area contributed by atoms with Crippen molar-refractivity contribution >= 4 is 11.8 Å². The van der Waals surface area contributed by atoms with Gasteiger partial charge in [-0.3, -0.25) is 9.59 Å². The molecule has 0 radical (unpaired) electrons. The number of nitrogens with zero attached hydrogens (tertiary/aromatic N) is 1. The van der Waals surface area contributed by atoms with Crippen LogP contribution in [0.15, 0.2) is 48.5 Å². The quantitative estimate of drug-likeness (QED) is 0.891. The van der Waals surface area contributed by atoms with Crippen molar-refractivity contribution in [2.45, 2.75) is 19.9 Å². The third-order valence-electron chi connectivity index (χ3n) is 3.54. The van der Waals surface area contributed by atoms with Crippen LogP contribution in [0.5, 0.6) is 0 Å². The smallest absolute Gasteiger partial charge is 0.254 e. The van der Waals surface area contributed by atoms with E-state index >= 15 is 0 Å². The molecule has 2 N–H and O–H groups in total. The van der Waals surface area contributed by atoms with E-state index in [-0.39, 0.29) is 24.7 Å². The highest BCUT2D eigenvalue weighted by Crippen LogP contribution is 2.14. The molecule has 0 aliphatic carbocycles. The van der Waals surface area contributed by atoms with Crippen LogP contribution in [0.25, 0.3) is 0 Å². The first-order valence-electron chi connectivity index (χ1n) is 7.35. The molecule has 0 fully saturated rings. The lowest BCUT2D eigenvalue weighted by Crippen LogP contribution is -2.33. The van der Waals surface area contributed by atoms with Crippen LogP contribution in [0.3, 0.4) is 0 Å². The Balaban J connectivity index is 2.22. The lowest BCUT2D eigenvalue weighted by molar-refractivity contribution is -0.118. The largest absolute Gasteiger partial charge is 0.370 e. The summed E-state index contributed by atoms with van der Waals surface area (Å²) < 4.78 is 13.4. The Kier molecular flexibility index (Phi) is 5.46. The van der Waals surface area contributed by atoms with Crippen LogP contribution in [0.1, 0.15) is 27.9 Å². The molecular formula is C18H19FN2O2. The predicted octanol–water partition coefficient (Wildman–Crippen LogP) is 2.65. The number of hydrogen-bond acceptors (Lipinski definition) is 2. The topological polar surface area (TPSA) is 63.4 Å². The highest BCUT2D eigenvalue weighted by atomic mass is 19.1. The van der Waals surface area contributed by atoms with Crippen LogP contribution in [0, 0.1) is 12.7 Å². The molecule has 0 aromatic heterocycles. The molecule has 0 bridgehead atoms. The van der Waals surface area contributed by atoms with Gasteiger partial charge < -0.3 is 10.6 Å². The lowest BCUT2D eigenvalue weighted by atomic mass is 10.1. The normalized spacial score (nSPS) is 10.3. The van der Waals surface area contributed by atoms with E-state index in [0.29, 0.717) is 17.7 Å². The number of aryl methyl sites for hydroxylation is 1. The first-order valence-corrected chi connectivity index (χ1v) is 7.35. The Morgan fingerprint density at radius 3 is 2.43 bits per heavy atom. The van der Waals surface area contributed by atoms with E-state index < -0.39 is 5.91 Å². The fourth-order valence-electron chi connectivity index (χ4n) is 2.26. The fraction of sp³-hybridized carbons (Fsp3) is 0.222. The third kappa shape index (κ3) is 4.64. The molecule has 0 aliphatic rings. The number of rotatable bonds is 6. The summed E-state index contributed by atoms with van der Waals surface area (Å²) in [5.74, 6) is -1.07. The molecule has 0 unspecified atom stereocenters. The average molecular weight is 314 g/mol. The van der Waals surface area contributed by atoms with Crippen molar-refractivity contribution in [3.8, 4) is 0 Å². The fourth-order valence-corrected chi connectivity index (χ4v) is 2.26. The number of amides is 2. The monoisotopic (exact) mass is 314 g/mol. The summed E-state index contributed by atoms with van der Waals surface area (Å²) in [6, 6.07) is 13.7. The second-order valence-electron chi connectivity index (χ2n) is 5.39. The molecular weight excluding hydrogens is 295 g/mol. The first kappa shape index (κ1) is 16.7. The second-order valence-corrected chi connectivity index (χ2v) is 5.39. The SMILES string of the molecule is Cc1cc(C(=O)N(CCC(N)=O)Cc2ccccc2)ccc1F. The van der Waals surface area contributed by atoms with E-state index in [0.717, 1.165) is 5.56 Å². The Bertz CT molecular complexity index is 701. The zero-order valence-corrected chi connectivity index (χ0v) is 13.0. The molecule has 4 nitrogen and oxygen atoms in total. The molecule has 120 valence electrons. The van der Waals surface area contributed by atoms with E-state index in [2.05, 4.69) is 0 Å². The zero-order valence-electron chi connectivity index (χ0n) is 13.0. The van der Waals surface area contributed by atoms with Crippen molar-refractivity contribution in [3.63, 3.8) is 0 Å². The van der Waals surface area contributed by atoms with E-state index in [1.807, 2.05) is 30.3 Å². The van der Waals surface area contributed by atoms with Crippen molar-refractivity contribution < 1.29 is 14.0 Å². The van der Waals surface area contributed by atoms with Gasteiger partial charge in [0.15, 0.2) is 0 Å². The van der Waals surface area contributed by atoms with Gasteiger partial charge >= 0.3 is 0 Å². The van der Waals surface area contributed by atoms with Crippen LogP contribution in [0.2, 0.25) is 0 Å². The molecule has 0 saturated carbocycles. The number of halogens is 1. The van der Waals surface area contributed by atoms with Gasteiger partial charge in [-0.2, -0.15) is 0 Å². The Hall–Kier alpha value is -2.69. The van der Waals surface area contributed by atoms with Gasteiger partial charge in [0, 0.05) is 25.1 Å². The first-order chi connectivity index (χ1) is 11.0. The molecule has 2 rings (SSSR count). The molecule has 0 atom stereocenters. The summed E-state index contributed by atoms with van der Waals surface area (Å²) >= 11 is 0. The summed E-state index contributed by atoms with van der Waals surface area (Å²) in [7, 11) is 0.